The summed E-state index contributed by atoms with van der Waals surface area (Å²) in [6, 6.07) is 7.73. The zero-order valence-corrected chi connectivity index (χ0v) is 14.9. The first-order valence-corrected chi connectivity index (χ1v) is 7.99. The summed E-state index contributed by atoms with van der Waals surface area (Å²) in [5.74, 6) is 0.785. The van der Waals surface area contributed by atoms with Gasteiger partial charge in [-0.1, -0.05) is 24.3 Å². The van der Waals surface area contributed by atoms with Crippen LogP contribution in [0.5, 0.6) is 5.75 Å². The smallest absolute Gasteiger partial charge is 0.244 e. The van der Waals surface area contributed by atoms with Gasteiger partial charge in [-0.25, -0.2) is 0 Å². The summed E-state index contributed by atoms with van der Waals surface area (Å²) in [7, 11) is 1.64. The van der Waals surface area contributed by atoms with Crippen molar-refractivity contribution in [2.75, 3.05) is 13.7 Å². The third-order valence-electron chi connectivity index (χ3n) is 4.28. The molecule has 0 saturated carbocycles. The summed E-state index contributed by atoms with van der Waals surface area (Å²) >= 11 is 0. The van der Waals surface area contributed by atoms with E-state index < -0.39 is 0 Å². The highest BCUT2D eigenvalue weighted by Gasteiger charge is 2.17. The Labute approximate surface area is 143 Å². The molecular weight excluding hydrogens is 302 g/mol. The Balaban J connectivity index is 2.18. The molecule has 24 heavy (non-hydrogen) atoms. The van der Waals surface area contributed by atoms with Gasteiger partial charge < -0.3 is 9.64 Å². The molecule has 0 atom stereocenters. The maximum atomic E-state index is 12.8. The molecule has 5 nitrogen and oxygen atoms in total. The van der Waals surface area contributed by atoms with Crippen molar-refractivity contribution in [2.24, 2.45) is 0 Å². The predicted octanol–water partition coefficient (Wildman–Crippen LogP) is 3.03. The van der Waals surface area contributed by atoms with E-state index in [0.717, 1.165) is 28.3 Å². The van der Waals surface area contributed by atoms with Gasteiger partial charge in [0, 0.05) is 24.3 Å². The minimum Gasteiger partial charge on any atom is -0.496 e. The number of carbonyl (C=O) groups excluding carboxylic acids is 1. The average Bonchev–Trinajstić information content (AvgIpc) is 2.82. The zero-order valence-electron chi connectivity index (χ0n) is 14.9. The lowest BCUT2D eigenvalue weighted by molar-refractivity contribution is -0.132. The number of carbonyl (C=O) groups is 1. The van der Waals surface area contributed by atoms with E-state index in [1.165, 1.54) is 0 Å². The molecule has 1 heterocycles. The monoisotopic (exact) mass is 327 g/mol. The highest BCUT2D eigenvalue weighted by atomic mass is 16.5. The molecule has 0 aliphatic carbocycles. The van der Waals surface area contributed by atoms with Gasteiger partial charge in [0.15, 0.2) is 0 Å². The number of amides is 1. The van der Waals surface area contributed by atoms with Gasteiger partial charge >= 0.3 is 0 Å². The van der Waals surface area contributed by atoms with Crippen molar-refractivity contribution in [1.29, 1.82) is 0 Å². The minimum atomic E-state index is 0.00593. The highest BCUT2D eigenvalue weighted by molar-refractivity contribution is 5.76. The van der Waals surface area contributed by atoms with Crippen LogP contribution in [-0.2, 0) is 17.9 Å². The molecule has 128 valence electrons. The van der Waals surface area contributed by atoms with Gasteiger partial charge in [0.1, 0.15) is 12.3 Å². The summed E-state index contributed by atoms with van der Waals surface area (Å²) in [6.45, 7) is 10.9. The standard InChI is InChI=1S/C19H25N3O2/c1-6-11-21(12-17-9-7-8-10-18(17)24-5)19(23)13-22-16(4)14(2)15(3)20-22/h6-10H,1,11-13H2,2-5H3. The number of nitrogens with zero attached hydrogens (tertiary/aromatic N) is 3. The molecule has 0 bridgehead atoms. The second-order valence-electron chi connectivity index (χ2n) is 5.83. The van der Waals surface area contributed by atoms with Gasteiger partial charge in [0.25, 0.3) is 0 Å². The Bertz CT molecular complexity index is 734. The van der Waals surface area contributed by atoms with E-state index in [1.807, 2.05) is 45.0 Å². The number of para-hydroxylation sites is 1. The first-order valence-electron chi connectivity index (χ1n) is 7.99. The van der Waals surface area contributed by atoms with E-state index in [1.54, 1.807) is 22.8 Å². The second-order valence-corrected chi connectivity index (χ2v) is 5.83. The van der Waals surface area contributed by atoms with Crippen LogP contribution in [0.4, 0.5) is 0 Å². The Morgan fingerprint density at radius 1 is 1.33 bits per heavy atom. The SMILES string of the molecule is C=CCN(Cc1ccccc1OC)C(=O)Cn1nc(C)c(C)c1C. The van der Waals surface area contributed by atoms with Gasteiger partial charge in [0.2, 0.25) is 5.91 Å². The van der Waals surface area contributed by atoms with E-state index in [4.69, 9.17) is 4.74 Å². The fourth-order valence-electron chi connectivity index (χ4n) is 2.62. The molecular formula is C19H25N3O2. The molecule has 0 aliphatic heterocycles. The van der Waals surface area contributed by atoms with E-state index in [0.29, 0.717) is 13.1 Å². The van der Waals surface area contributed by atoms with E-state index in [9.17, 15) is 4.79 Å². The van der Waals surface area contributed by atoms with Crippen molar-refractivity contribution in [1.82, 2.24) is 14.7 Å². The highest BCUT2D eigenvalue weighted by Crippen LogP contribution is 2.20. The number of benzene rings is 1. The molecule has 0 aliphatic rings. The normalized spacial score (nSPS) is 10.5. The van der Waals surface area contributed by atoms with Crippen LogP contribution in [-0.4, -0.2) is 34.2 Å². The number of methoxy groups -OCH3 is 1. The number of hydrogen-bond donors (Lipinski definition) is 0. The van der Waals surface area contributed by atoms with Gasteiger partial charge in [0.05, 0.1) is 12.8 Å². The number of aryl methyl sites for hydroxylation is 1. The third-order valence-corrected chi connectivity index (χ3v) is 4.28. The molecule has 2 aromatic rings. The molecule has 0 fully saturated rings. The summed E-state index contributed by atoms with van der Waals surface area (Å²) in [5, 5.41) is 4.45. The van der Waals surface area contributed by atoms with Crippen molar-refractivity contribution in [3.05, 3.63) is 59.4 Å². The van der Waals surface area contributed by atoms with Crippen LogP contribution >= 0.6 is 0 Å². The zero-order chi connectivity index (χ0) is 17.7. The van der Waals surface area contributed by atoms with Crippen LogP contribution in [0.2, 0.25) is 0 Å². The van der Waals surface area contributed by atoms with E-state index >= 15 is 0 Å². The van der Waals surface area contributed by atoms with Crippen LogP contribution in [0.1, 0.15) is 22.5 Å². The van der Waals surface area contributed by atoms with Crippen molar-refractivity contribution in [2.45, 2.75) is 33.9 Å². The first-order chi connectivity index (χ1) is 11.5. The Hall–Kier alpha value is -2.56. The van der Waals surface area contributed by atoms with E-state index in [-0.39, 0.29) is 12.5 Å². The summed E-state index contributed by atoms with van der Waals surface area (Å²) < 4.78 is 7.15. The van der Waals surface area contributed by atoms with Crippen LogP contribution in [0.15, 0.2) is 36.9 Å². The lowest BCUT2D eigenvalue weighted by Crippen LogP contribution is -2.34. The largest absolute Gasteiger partial charge is 0.496 e. The van der Waals surface area contributed by atoms with Crippen LogP contribution in [0, 0.1) is 20.8 Å². The van der Waals surface area contributed by atoms with Gasteiger partial charge in [-0.3, -0.25) is 9.48 Å². The van der Waals surface area contributed by atoms with Crippen molar-refractivity contribution < 1.29 is 9.53 Å². The fourth-order valence-corrected chi connectivity index (χ4v) is 2.62. The minimum absolute atomic E-state index is 0.00593. The number of hydrogen-bond acceptors (Lipinski definition) is 3. The molecule has 0 saturated heterocycles. The fraction of sp³-hybridized carbons (Fsp3) is 0.368. The number of rotatable bonds is 7. The molecule has 1 amide bonds. The van der Waals surface area contributed by atoms with Crippen molar-refractivity contribution >= 4 is 5.91 Å². The Morgan fingerprint density at radius 2 is 2.04 bits per heavy atom. The second kappa shape index (κ2) is 7.81. The topological polar surface area (TPSA) is 47.4 Å². The van der Waals surface area contributed by atoms with E-state index in [2.05, 4.69) is 11.7 Å². The lowest BCUT2D eigenvalue weighted by Gasteiger charge is -2.22. The summed E-state index contributed by atoms with van der Waals surface area (Å²) in [4.78, 5) is 14.5. The molecule has 1 aromatic carbocycles. The Morgan fingerprint density at radius 3 is 2.62 bits per heavy atom. The van der Waals surface area contributed by atoms with Crippen LogP contribution in [0.25, 0.3) is 0 Å². The molecule has 0 radical (unpaired) electrons. The Kier molecular flexibility index (Phi) is 5.79. The van der Waals surface area contributed by atoms with Gasteiger partial charge in [-0.2, -0.15) is 5.10 Å². The molecule has 0 spiro atoms. The first kappa shape index (κ1) is 17.8. The number of ether oxygens (including phenoxy) is 1. The maximum absolute atomic E-state index is 12.8. The predicted molar refractivity (Wildman–Crippen MR) is 95.0 cm³/mol. The summed E-state index contributed by atoms with van der Waals surface area (Å²) in [6.07, 6.45) is 1.74. The summed E-state index contributed by atoms with van der Waals surface area (Å²) in [5.41, 5.74) is 4.08. The molecule has 0 N–H and O–H groups in total. The third kappa shape index (κ3) is 3.85. The average molecular weight is 327 g/mol. The van der Waals surface area contributed by atoms with Crippen LogP contribution in [0.3, 0.4) is 0 Å². The van der Waals surface area contributed by atoms with Gasteiger partial charge in [-0.15, -0.1) is 6.58 Å². The van der Waals surface area contributed by atoms with Crippen molar-refractivity contribution in [3.63, 3.8) is 0 Å². The molecule has 2 rings (SSSR count). The number of aromatic nitrogens is 2. The maximum Gasteiger partial charge on any atom is 0.244 e. The van der Waals surface area contributed by atoms with Crippen molar-refractivity contribution in [3.8, 4) is 5.75 Å². The van der Waals surface area contributed by atoms with Gasteiger partial charge in [-0.05, 0) is 32.4 Å². The lowest BCUT2D eigenvalue weighted by atomic mass is 10.2. The molecule has 0 unspecified atom stereocenters. The quantitative estimate of drug-likeness (QED) is 0.734. The molecule has 1 aromatic heterocycles. The molecule has 5 heteroatoms. The van der Waals surface area contributed by atoms with Crippen LogP contribution < -0.4 is 4.74 Å².